The minimum atomic E-state index is -0.232. The number of nitrogens with one attached hydrogen (secondary N) is 1. The van der Waals surface area contributed by atoms with Crippen molar-refractivity contribution in [2.45, 2.75) is 32.7 Å². The van der Waals surface area contributed by atoms with Gasteiger partial charge in [0.15, 0.2) is 0 Å². The van der Waals surface area contributed by atoms with Crippen molar-refractivity contribution in [2.24, 2.45) is 5.92 Å². The number of hydrogen-bond acceptors (Lipinski definition) is 2. The average Bonchev–Trinajstić information content (AvgIpc) is 2.91. The third-order valence-corrected chi connectivity index (χ3v) is 4.67. The zero-order valence-electron chi connectivity index (χ0n) is 12.8. The molecular formula is C17H22N2O2. The normalized spacial score (nSPS) is 19.4. The highest BCUT2D eigenvalue weighted by molar-refractivity contribution is 5.85. The van der Waals surface area contributed by atoms with Crippen molar-refractivity contribution in [3.63, 3.8) is 0 Å². The number of nitrogens with zero attached hydrogens (tertiary/aromatic N) is 1. The van der Waals surface area contributed by atoms with Crippen molar-refractivity contribution in [1.82, 2.24) is 9.88 Å². The summed E-state index contributed by atoms with van der Waals surface area (Å²) in [4.78, 5) is 17.5. The Morgan fingerprint density at radius 3 is 2.95 bits per heavy atom. The third-order valence-electron chi connectivity index (χ3n) is 4.67. The van der Waals surface area contributed by atoms with Gasteiger partial charge < -0.3 is 9.72 Å². The lowest BCUT2D eigenvalue weighted by Gasteiger charge is -2.38. The molecule has 0 radical (unpaired) electrons. The molecule has 3 rings (SSSR count). The Kier molecular flexibility index (Phi) is 3.62. The lowest BCUT2D eigenvalue weighted by atomic mass is 9.88. The average molecular weight is 286 g/mol. The number of hydrogen-bond donors (Lipinski definition) is 1. The van der Waals surface area contributed by atoms with Crippen LogP contribution in [-0.2, 0) is 11.2 Å². The molecule has 0 aliphatic carbocycles. The fourth-order valence-corrected chi connectivity index (χ4v) is 3.41. The monoisotopic (exact) mass is 286 g/mol. The second-order valence-electron chi connectivity index (χ2n) is 5.81. The number of para-hydroxylation sites is 1. The molecular weight excluding hydrogens is 264 g/mol. The zero-order chi connectivity index (χ0) is 15.0. The summed E-state index contributed by atoms with van der Waals surface area (Å²) in [6.45, 7) is 5.08. The fraction of sp³-hybridized carbons (Fsp3) is 0.471. The van der Waals surface area contributed by atoms with Crippen LogP contribution in [0.25, 0.3) is 10.9 Å². The largest absolute Gasteiger partial charge is 0.453 e. The minimum absolute atomic E-state index is 0.0681. The Balaban J connectivity index is 2.12. The second-order valence-corrected chi connectivity index (χ2v) is 5.81. The molecule has 2 heterocycles. The standard InChI is InChI=1S/C17H22N2O2/c1-4-11(2)16-15-13(9-10-19(16)17(20)21-3)12-7-5-6-8-14(12)18-15/h5-8,11,16,18H,4,9-10H2,1-3H3. The van der Waals surface area contributed by atoms with E-state index in [2.05, 4.69) is 37.0 Å². The molecule has 4 heteroatoms. The molecule has 1 N–H and O–H groups in total. The Labute approximate surface area is 125 Å². The van der Waals surface area contributed by atoms with Gasteiger partial charge in [-0.2, -0.15) is 0 Å². The molecule has 1 aliphatic rings. The summed E-state index contributed by atoms with van der Waals surface area (Å²) in [5, 5.41) is 1.28. The first-order valence-corrected chi connectivity index (χ1v) is 7.61. The molecule has 1 aromatic carbocycles. The lowest BCUT2D eigenvalue weighted by molar-refractivity contribution is 0.0832. The lowest BCUT2D eigenvalue weighted by Crippen LogP contribution is -2.42. The van der Waals surface area contributed by atoms with E-state index < -0.39 is 0 Å². The molecule has 0 saturated carbocycles. The smallest absolute Gasteiger partial charge is 0.410 e. The number of rotatable bonds is 2. The van der Waals surface area contributed by atoms with Crippen LogP contribution in [0.5, 0.6) is 0 Å². The van der Waals surface area contributed by atoms with Crippen LogP contribution in [0.4, 0.5) is 4.79 Å². The van der Waals surface area contributed by atoms with Crippen molar-refractivity contribution in [3.05, 3.63) is 35.5 Å². The van der Waals surface area contributed by atoms with Crippen molar-refractivity contribution < 1.29 is 9.53 Å². The van der Waals surface area contributed by atoms with Crippen LogP contribution in [0.15, 0.2) is 24.3 Å². The summed E-state index contributed by atoms with van der Waals surface area (Å²) < 4.78 is 4.98. The number of fused-ring (bicyclic) bond motifs is 3. The van der Waals surface area contributed by atoms with Crippen LogP contribution in [0.3, 0.4) is 0 Å². The van der Waals surface area contributed by atoms with Gasteiger partial charge in [0.1, 0.15) is 0 Å². The maximum Gasteiger partial charge on any atom is 0.410 e. The number of benzene rings is 1. The molecule has 0 saturated heterocycles. The fourth-order valence-electron chi connectivity index (χ4n) is 3.41. The molecule has 2 atom stereocenters. The van der Waals surface area contributed by atoms with Crippen molar-refractivity contribution in [3.8, 4) is 0 Å². The number of ether oxygens (including phenoxy) is 1. The summed E-state index contributed by atoms with van der Waals surface area (Å²) in [5.41, 5.74) is 3.70. The summed E-state index contributed by atoms with van der Waals surface area (Å²) in [5.74, 6) is 0.385. The van der Waals surface area contributed by atoms with Crippen molar-refractivity contribution in [1.29, 1.82) is 0 Å². The van der Waals surface area contributed by atoms with Gasteiger partial charge in [-0.3, -0.25) is 4.90 Å². The number of H-pyrrole nitrogens is 1. The van der Waals surface area contributed by atoms with E-state index in [-0.39, 0.29) is 12.1 Å². The van der Waals surface area contributed by atoms with Crippen molar-refractivity contribution in [2.75, 3.05) is 13.7 Å². The van der Waals surface area contributed by atoms with E-state index in [0.717, 1.165) is 24.9 Å². The predicted molar refractivity (Wildman–Crippen MR) is 83.3 cm³/mol. The minimum Gasteiger partial charge on any atom is -0.453 e. The summed E-state index contributed by atoms with van der Waals surface area (Å²) in [7, 11) is 1.46. The quantitative estimate of drug-likeness (QED) is 0.910. The highest BCUT2D eigenvalue weighted by atomic mass is 16.5. The number of aromatic nitrogens is 1. The van der Waals surface area contributed by atoms with E-state index in [1.54, 1.807) is 0 Å². The summed E-state index contributed by atoms with van der Waals surface area (Å²) in [6.07, 6.45) is 1.67. The van der Waals surface area contributed by atoms with E-state index in [1.165, 1.54) is 23.8 Å². The highest BCUT2D eigenvalue weighted by Gasteiger charge is 2.36. The number of aromatic amines is 1. The van der Waals surface area contributed by atoms with Crippen molar-refractivity contribution >= 4 is 17.0 Å². The van der Waals surface area contributed by atoms with Gasteiger partial charge >= 0.3 is 6.09 Å². The third kappa shape index (κ3) is 2.19. The topological polar surface area (TPSA) is 45.3 Å². The van der Waals surface area contributed by atoms with Gasteiger partial charge in [0, 0.05) is 23.1 Å². The Hall–Kier alpha value is -1.97. The molecule has 2 unspecified atom stereocenters. The van der Waals surface area contributed by atoms with Gasteiger partial charge in [-0.25, -0.2) is 4.79 Å². The molecule has 1 aromatic heterocycles. The van der Waals surface area contributed by atoms with Crippen LogP contribution in [0.2, 0.25) is 0 Å². The SMILES string of the molecule is CCC(C)C1c2[nH]c3ccccc3c2CCN1C(=O)OC. The van der Waals surface area contributed by atoms with E-state index in [1.807, 2.05) is 11.0 Å². The molecule has 1 amide bonds. The van der Waals surface area contributed by atoms with Gasteiger partial charge in [-0.05, 0) is 24.0 Å². The number of carbonyl (C=O) groups is 1. The van der Waals surface area contributed by atoms with Crippen LogP contribution >= 0.6 is 0 Å². The van der Waals surface area contributed by atoms with Crippen LogP contribution in [-0.4, -0.2) is 29.6 Å². The first-order chi connectivity index (χ1) is 10.2. The van der Waals surface area contributed by atoms with E-state index >= 15 is 0 Å². The van der Waals surface area contributed by atoms with E-state index in [4.69, 9.17) is 4.74 Å². The first-order valence-electron chi connectivity index (χ1n) is 7.61. The van der Waals surface area contributed by atoms with Gasteiger partial charge in [0.2, 0.25) is 0 Å². The maximum atomic E-state index is 12.1. The molecule has 112 valence electrons. The Morgan fingerprint density at radius 2 is 2.24 bits per heavy atom. The van der Waals surface area contributed by atoms with Gasteiger partial charge in [-0.15, -0.1) is 0 Å². The van der Waals surface area contributed by atoms with Gasteiger partial charge in [0.25, 0.3) is 0 Å². The highest BCUT2D eigenvalue weighted by Crippen LogP contribution is 2.39. The molecule has 0 fully saturated rings. The van der Waals surface area contributed by atoms with Gasteiger partial charge in [0.05, 0.1) is 13.2 Å². The first kappa shape index (κ1) is 14.0. The summed E-state index contributed by atoms with van der Waals surface area (Å²) in [6, 6.07) is 8.44. The molecule has 4 nitrogen and oxygen atoms in total. The number of methoxy groups -OCH3 is 1. The molecule has 0 spiro atoms. The van der Waals surface area contributed by atoms with Crippen LogP contribution in [0.1, 0.15) is 37.6 Å². The maximum absolute atomic E-state index is 12.1. The second kappa shape index (κ2) is 5.43. The van der Waals surface area contributed by atoms with Crippen LogP contribution < -0.4 is 0 Å². The number of amides is 1. The van der Waals surface area contributed by atoms with Crippen LogP contribution in [0, 0.1) is 5.92 Å². The van der Waals surface area contributed by atoms with E-state index in [0.29, 0.717) is 5.92 Å². The van der Waals surface area contributed by atoms with E-state index in [9.17, 15) is 4.79 Å². The Bertz CT molecular complexity index is 662. The molecule has 2 aromatic rings. The predicted octanol–water partition coefficient (Wildman–Crippen LogP) is 3.88. The van der Waals surface area contributed by atoms with Gasteiger partial charge in [-0.1, -0.05) is 38.5 Å². The molecule has 1 aliphatic heterocycles. The summed E-state index contributed by atoms with van der Waals surface area (Å²) >= 11 is 0. The molecule has 21 heavy (non-hydrogen) atoms. The molecule has 0 bridgehead atoms. The zero-order valence-corrected chi connectivity index (χ0v) is 12.8. The number of carbonyl (C=O) groups excluding carboxylic acids is 1. The Morgan fingerprint density at radius 1 is 1.48 bits per heavy atom.